The first-order chi connectivity index (χ1) is 9.97. The fraction of sp³-hybridized carbons (Fsp3) is 0.0714. The van der Waals surface area contributed by atoms with Crippen LogP contribution in [0.15, 0.2) is 36.4 Å². The molecule has 1 amide bonds. The lowest BCUT2D eigenvalue weighted by molar-refractivity contribution is -0.118. The lowest BCUT2D eigenvalue weighted by Gasteiger charge is -2.10. The van der Waals surface area contributed by atoms with Gasteiger partial charge in [0.15, 0.2) is 18.2 Å². The number of anilines is 2. The van der Waals surface area contributed by atoms with Crippen molar-refractivity contribution in [3.63, 3.8) is 0 Å². The molecule has 0 bridgehead atoms. The molecule has 0 aliphatic rings. The normalized spacial score (nSPS) is 10.2. The maximum absolute atomic E-state index is 13.4. The summed E-state index contributed by atoms with van der Waals surface area (Å²) < 4.78 is 31.5. The molecule has 0 saturated heterocycles. The summed E-state index contributed by atoms with van der Waals surface area (Å²) in [6.45, 7) is -0.489. The number of para-hydroxylation sites is 1. The van der Waals surface area contributed by atoms with E-state index >= 15 is 0 Å². The molecule has 0 fully saturated rings. The number of hydrogen-bond donors (Lipinski definition) is 2. The maximum atomic E-state index is 13.4. The molecular weight excluding hydrogens is 302 g/mol. The van der Waals surface area contributed by atoms with Gasteiger partial charge in [0, 0.05) is 0 Å². The number of benzene rings is 2. The van der Waals surface area contributed by atoms with Crippen LogP contribution in [-0.2, 0) is 4.79 Å². The van der Waals surface area contributed by atoms with Gasteiger partial charge in [0.05, 0.1) is 16.4 Å². The molecule has 3 N–H and O–H groups in total. The molecule has 7 heteroatoms. The van der Waals surface area contributed by atoms with Crippen LogP contribution in [0, 0.1) is 11.6 Å². The van der Waals surface area contributed by atoms with E-state index in [-0.39, 0.29) is 22.1 Å². The Hall–Kier alpha value is -2.34. The van der Waals surface area contributed by atoms with Crippen LogP contribution < -0.4 is 15.8 Å². The van der Waals surface area contributed by atoms with E-state index in [1.165, 1.54) is 24.3 Å². The molecule has 0 heterocycles. The van der Waals surface area contributed by atoms with Gasteiger partial charge in [-0.15, -0.1) is 0 Å². The number of carbonyl (C=O) groups excluding carboxylic acids is 1. The third-order valence-electron chi connectivity index (χ3n) is 2.56. The zero-order valence-electron chi connectivity index (χ0n) is 10.7. The predicted molar refractivity (Wildman–Crippen MR) is 76.3 cm³/mol. The first-order valence-electron chi connectivity index (χ1n) is 5.89. The van der Waals surface area contributed by atoms with Gasteiger partial charge in [-0.2, -0.15) is 0 Å². The number of nitrogens with one attached hydrogen (secondary N) is 1. The number of hydrogen-bond acceptors (Lipinski definition) is 3. The van der Waals surface area contributed by atoms with E-state index in [0.717, 1.165) is 12.1 Å². The van der Waals surface area contributed by atoms with Crippen molar-refractivity contribution in [2.45, 2.75) is 0 Å². The molecule has 0 aliphatic carbocycles. The van der Waals surface area contributed by atoms with Gasteiger partial charge in [-0.3, -0.25) is 4.79 Å². The number of carbonyl (C=O) groups is 1. The van der Waals surface area contributed by atoms with E-state index in [1.807, 2.05) is 0 Å². The number of amides is 1. The van der Waals surface area contributed by atoms with Crippen LogP contribution in [0.1, 0.15) is 0 Å². The van der Waals surface area contributed by atoms with Crippen LogP contribution in [-0.4, -0.2) is 12.5 Å². The highest BCUT2D eigenvalue weighted by Crippen LogP contribution is 2.27. The quantitative estimate of drug-likeness (QED) is 0.852. The molecule has 2 aromatic rings. The Labute approximate surface area is 124 Å². The minimum Gasteiger partial charge on any atom is -0.479 e. The van der Waals surface area contributed by atoms with Crippen LogP contribution in [0.25, 0.3) is 0 Å². The maximum Gasteiger partial charge on any atom is 0.262 e. The fourth-order valence-electron chi connectivity index (χ4n) is 1.58. The molecule has 4 nitrogen and oxygen atoms in total. The van der Waals surface area contributed by atoms with E-state index in [4.69, 9.17) is 22.1 Å². The van der Waals surface area contributed by atoms with Crippen molar-refractivity contribution in [1.29, 1.82) is 0 Å². The van der Waals surface area contributed by atoms with Crippen molar-refractivity contribution < 1.29 is 18.3 Å². The monoisotopic (exact) mass is 312 g/mol. The van der Waals surface area contributed by atoms with Gasteiger partial charge in [-0.1, -0.05) is 17.7 Å². The van der Waals surface area contributed by atoms with Crippen LogP contribution >= 0.6 is 11.6 Å². The van der Waals surface area contributed by atoms with Crippen molar-refractivity contribution in [3.05, 3.63) is 53.1 Å². The van der Waals surface area contributed by atoms with Crippen molar-refractivity contribution in [1.82, 2.24) is 0 Å². The summed E-state index contributed by atoms with van der Waals surface area (Å²) in [6, 6.07) is 7.56. The van der Waals surface area contributed by atoms with Crippen molar-refractivity contribution in [2.75, 3.05) is 17.7 Å². The van der Waals surface area contributed by atoms with Crippen LogP contribution in [0.3, 0.4) is 0 Å². The van der Waals surface area contributed by atoms with Crippen molar-refractivity contribution in [3.8, 4) is 5.75 Å². The summed E-state index contributed by atoms with van der Waals surface area (Å²) in [7, 11) is 0. The highest BCUT2D eigenvalue weighted by atomic mass is 35.5. The third-order valence-corrected chi connectivity index (χ3v) is 2.85. The van der Waals surface area contributed by atoms with Gasteiger partial charge < -0.3 is 15.8 Å². The fourth-order valence-corrected chi connectivity index (χ4v) is 1.80. The van der Waals surface area contributed by atoms with Crippen LogP contribution in [0.4, 0.5) is 20.2 Å². The molecule has 0 aliphatic heterocycles. The van der Waals surface area contributed by atoms with Gasteiger partial charge in [-0.25, -0.2) is 8.78 Å². The van der Waals surface area contributed by atoms with Crippen molar-refractivity contribution in [2.24, 2.45) is 0 Å². The zero-order valence-corrected chi connectivity index (χ0v) is 11.5. The first kappa shape index (κ1) is 15.1. The second-order valence-electron chi connectivity index (χ2n) is 4.12. The smallest absolute Gasteiger partial charge is 0.262 e. The van der Waals surface area contributed by atoms with E-state index < -0.39 is 24.1 Å². The van der Waals surface area contributed by atoms with Crippen LogP contribution in [0.2, 0.25) is 5.02 Å². The van der Waals surface area contributed by atoms with Gasteiger partial charge in [-0.05, 0) is 30.3 Å². The highest BCUT2D eigenvalue weighted by Gasteiger charge is 2.12. The second kappa shape index (κ2) is 6.41. The predicted octanol–water partition coefficient (Wildman–Crippen LogP) is 3.22. The van der Waals surface area contributed by atoms with Gasteiger partial charge in [0.25, 0.3) is 5.91 Å². The average molecular weight is 313 g/mol. The zero-order chi connectivity index (χ0) is 15.4. The molecule has 110 valence electrons. The number of rotatable bonds is 4. The minimum absolute atomic E-state index is 0.0491. The first-order valence-corrected chi connectivity index (χ1v) is 6.27. The largest absolute Gasteiger partial charge is 0.479 e. The number of halogens is 3. The van der Waals surface area contributed by atoms with Gasteiger partial charge in [0.2, 0.25) is 0 Å². The number of nitrogens with two attached hydrogens (primary N) is 1. The molecular formula is C14H11ClF2N2O2. The lowest BCUT2D eigenvalue weighted by atomic mass is 10.2. The Kier molecular flexibility index (Phi) is 4.59. The highest BCUT2D eigenvalue weighted by molar-refractivity contribution is 6.32. The SMILES string of the molecule is Nc1ccc(F)cc1NC(=O)COc1c(F)cccc1Cl. The minimum atomic E-state index is -0.680. The molecule has 0 spiro atoms. The average Bonchev–Trinajstić information content (AvgIpc) is 2.42. The number of ether oxygens (including phenoxy) is 1. The van der Waals surface area contributed by atoms with Gasteiger partial charge in [0.1, 0.15) is 5.82 Å². The van der Waals surface area contributed by atoms with Crippen molar-refractivity contribution >= 4 is 28.9 Å². The van der Waals surface area contributed by atoms with Crippen LogP contribution in [0.5, 0.6) is 5.75 Å². The summed E-state index contributed by atoms with van der Waals surface area (Å²) in [5, 5.41) is 2.41. The molecule has 2 aromatic carbocycles. The molecule has 2 rings (SSSR count). The molecule has 0 unspecified atom stereocenters. The Morgan fingerprint density at radius 2 is 2.05 bits per heavy atom. The molecule has 0 aromatic heterocycles. The molecule has 0 atom stereocenters. The molecule has 0 radical (unpaired) electrons. The topological polar surface area (TPSA) is 64.3 Å². The summed E-state index contributed by atoms with van der Waals surface area (Å²) in [6.07, 6.45) is 0. The summed E-state index contributed by atoms with van der Waals surface area (Å²) in [5.74, 6) is -2.06. The van der Waals surface area contributed by atoms with E-state index in [0.29, 0.717) is 0 Å². The summed E-state index contributed by atoms with van der Waals surface area (Å²) >= 11 is 5.75. The van der Waals surface area contributed by atoms with E-state index in [9.17, 15) is 13.6 Å². The molecule has 21 heavy (non-hydrogen) atoms. The Morgan fingerprint density at radius 3 is 2.76 bits per heavy atom. The second-order valence-corrected chi connectivity index (χ2v) is 4.53. The molecule has 0 saturated carbocycles. The van der Waals surface area contributed by atoms with Gasteiger partial charge >= 0.3 is 0 Å². The third kappa shape index (κ3) is 3.82. The Morgan fingerprint density at radius 1 is 1.29 bits per heavy atom. The van der Waals surface area contributed by atoms with E-state index in [1.54, 1.807) is 0 Å². The standard InChI is InChI=1S/C14H11ClF2N2O2/c15-9-2-1-3-10(17)14(9)21-7-13(20)19-12-6-8(16)4-5-11(12)18/h1-6H,7,18H2,(H,19,20). The Bertz CT molecular complexity index is 660. The summed E-state index contributed by atoms with van der Waals surface area (Å²) in [4.78, 5) is 11.7. The summed E-state index contributed by atoms with van der Waals surface area (Å²) in [5.41, 5.74) is 5.91. The van der Waals surface area contributed by atoms with E-state index in [2.05, 4.69) is 5.32 Å². The lowest BCUT2D eigenvalue weighted by Crippen LogP contribution is -2.21. The number of nitrogen functional groups attached to an aromatic ring is 1. The Balaban J connectivity index is 2.01.